The highest BCUT2D eigenvalue weighted by atomic mass is 32.2. The maximum absolute atomic E-state index is 12.3. The second-order valence-electron chi connectivity index (χ2n) is 5.30. The van der Waals surface area contributed by atoms with Gasteiger partial charge in [-0.1, -0.05) is 30.3 Å². The predicted octanol–water partition coefficient (Wildman–Crippen LogP) is 2.37. The zero-order valence-corrected chi connectivity index (χ0v) is 12.7. The number of carboxylic acid groups (broad SMARTS) is 1. The molecule has 0 spiro atoms. The fourth-order valence-electron chi connectivity index (χ4n) is 2.48. The van der Waals surface area contributed by atoms with Crippen LogP contribution in [0, 0.1) is 0 Å². The van der Waals surface area contributed by atoms with Crippen molar-refractivity contribution in [2.45, 2.75) is 12.0 Å². The minimum atomic E-state index is -1.15. The van der Waals surface area contributed by atoms with Gasteiger partial charge in [-0.3, -0.25) is 4.79 Å². The van der Waals surface area contributed by atoms with Gasteiger partial charge in [0.1, 0.15) is 11.2 Å². The fourth-order valence-corrected chi connectivity index (χ4v) is 3.81. The van der Waals surface area contributed by atoms with Gasteiger partial charge in [-0.2, -0.15) is 11.8 Å². The van der Waals surface area contributed by atoms with Crippen LogP contribution in [0.4, 0.5) is 0 Å². The Morgan fingerprint density at radius 1 is 1.18 bits per heavy atom. The summed E-state index contributed by atoms with van der Waals surface area (Å²) < 4.78 is 0. The lowest BCUT2D eigenvalue weighted by molar-refractivity contribution is -0.143. The van der Waals surface area contributed by atoms with E-state index in [2.05, 4.69) is 10.3 Å². The van der Waals surface area contributed by atoms with Crippen LogP contribution in [-0.4, -0.2) is 39.0 Å². The molecule has 1 amide bonds. The molecule has 1 atom stereocenters. The van der Waals surface area contributed by atoms with Gasteiger partial charge in [-0.15, -0.1) is 0 Å². The van der Waals surface area contributed by atoms with Crippen molar-refractivity contribution in [3.05, 3.63) is 48.2 Å². The zero-order valence-electron chi connectivity index (χ0n) is 11.8. The number of thioether (sulfide) groups is 1. The molecule has 22 heavy (non-hydrogen) atoms. The van der Waals surface area contributed by atoms with Gasteiger partial charge in [-0.05, 0) is 29.9 Å². The summed E-state index contributed by atoms with van der Waals surface area (Å²) in [6.07, 6.45) is 0.449. The number of hydrogen-bond donors (Lipinski definition) is 3. The summed E-state index contributed by atoms with van der Waals surface area (Å²) in [6.45, 7) is 0. The van der Waals surface area contributed by atoms with E-state index in [1.807, 2.05) is 36.4 Å². The highest BCUT2D eigenvalue weighted by Gasteiger charge is 2.43. The molecule has 1 aliphatic rings. The first-order chi connectivity index (χ1) is 10.6. The van der Waals surface area contributed by atoms with Crippen LogP contribution in [0.3, 0.4) is 0 Å². The molecule has 3 rings (SSSR count). The van der Waals surface area contributed by atoms with E-state index in [0.29, 0.717) is 17.9 Å². The maximum atomic E-state index is 12.3. The summed E-state index contributed by atoms with van der Waals surface area (Å²) in [5, 5.41) is 12.1. The Morgan fingerprint density at radius 3 is 2.59 bits per heavy atom. The first-order valence-corrected chi connectivity index (χ1v) is 8.14. The second kappa shape index (κ2) is 5.88. The molecule has 1 aromatic heterocycles. The number of H-pyrrole nitrogens is 1. The lowest BCUT2D eigenvalue weighted by Crippen LogP contribution is -2.54. The molecule has 114 valence electrons. The van der Waals surface area contributed by atoms with Crippen LogP contribution in [0.1, 0.15) is 16.9 Å². The van der Waals surface area contributed by atoms with Gasteiger partial charge in [0.2, 0.25) is 0 Å². The van der Waals surface area contributed by atoms with E-state index in [-0.39, 0.29) is 5.91 Å². The third-order valence-corrected chi connectivity index (χ3v) is 4.99. The van der Waals surface area contributed by atoms with Crippen LogP contribution in [0.15, 0.2) is 42.5 Å². The fraction of sp³-hybridized carbons (Fsp3) is 0.250. The molecular formula is C16H16N2O3S. The third-order valence-electron chi connectivity index (χ3n) is 3.80. The second-order valence-corrected chi connectivity index (χ2v) is 6.40. The maximum Gasteiger partial charge on any atom is 0.330 e. The first-order valence-electron chi connectivity index (χ1n) is 6.99. The van der Waals surface area contributed by atoms with Crippen molar-refractivity contribution >= 4 is 23.6 Å². The molecule has 0 bridgehead atoms. The van der Waals surface area contributed by atoms with Crippen molar-refractivity contribution in [3.63, 3.8) is 0 Å². The molecular weight excluding hydrogens is 300 g/mol. The monoisotopic (exact) mass is 316 g/mol. The summed E-state index contributed by atoms with van der Waals surface area (Å²) in [7, 11) is 0. The smallest absolute Gasteiger partial charge is 0.330 e. The van der Waals surface area contributed by atoms with E-state index in [4.69, 9.17) is 0 Å². The SMILES string of the molecule is O=C(NC1(C(=O)O)CCSC1)c1ccc(-c2ccccc2)[nH]1. The van der Waals surface area contributed by atoms with Gasteiger partial charge in [0.15, 0.2) is 0 Å². The number of amides is 1. The lowest BCUT2D eigenvalue weighted by atomic mass is 9.99. The minimum Gasteiger partial charge on any atom is -0.479 e. The average molecular weight is 316 g/mol. The summed E-state index contributed by atoms with van der Waals surface area (Å²) >= 11 is 1.54. The molecule has 5 nitrogen and oxygen atoms in total. The van der Waals surface area contributed by atoms with E-state index in [1.165, 1.54) is 0 Å². The van der Waals surface area contributed by atoms with Crippen LogP contribution in [0.2, 0.25) is 0 Å². The Labute approximate surface area is 132 Å². The van der Waals surface area contributed by atoms with Gasteiger partial charge in [0.05, 0.1) is 0 Å². The van der Waals surface area contributed by atoms with Gasteiger partial charge in [0, 0.05) is 11.4 Å². The Hall–Kier alpha value is -2.21. The van der Waals surface area contributed by atoms with Crippen molar-refractivity contribution < 1.29 is 14.7 Å². The third kappa shape index (κ3) is 2.74. The molecule has 2 aromatic rings. The number of carbonyl (C=O) groups is 2. The molecule has 6 heteroatoms. The number of aromatic amines is 1. The summed E-state index contributed by atoms with van der Waals surface area (Å²) in [5.41, 5.74) is 1.03. The molecule has 1 fully saturated rings. The molecule has 0 saturated carbocycles. The Balaban J connectivity index is 1.79. The largest absolute Gasteiger partial charge is 0.479 e. The van der Waals surface area contributed by atoms with E-state index in [9.17, 15) is 14.7 Å². The van der Waals surface area contributed by atoms with Gasteiger partial charge in [0.25, 0.3) is 5.91 Å². The van der Waals surface area contributed by atoms with Crippen molar-refractivity contribution in [1.29, 1.82) is 0 Å². The van der Waals surface area contributed by atoms with Crippen LogP contribution in [-0.2, 0) is 4.79 Å². The molecule has 2 heterocycles. The molecule has 3 N–H and O–H groups in total. The van der Waals surface area contributed by atoms with Crippen molar-refractivity contribution in [2.24, 2.45) is 0 Å². The minimum absolute atomic E-state index is 0.372. The number of hydrogen-bond acceptors (Lipinski definition) is 3. The van der Waals surface area contributed by atoms with E-state index in [0.717, 1.165) is 17.0 Å². The van der Waals surface area contributed by atoms with Crippen molar-refractivity contribution in [1.82, 2.24) is 10.3 Å². The Morgan fingerprint density at radius 2 is 1.95 bits per heavy atom. The van der Waals surface area contributed by atoms with Gasteiger partial charge < -0.3 is 15.4 Å². The van der Waals surface area contributed by atoms with Crippen LogP contribution in [0.25, 0.3) is 11.3 Å². The Kier molecular flexibility index (Phi) is 3.94. The zero-order chi connectivity index (χ0) is 15.6. The Bertz CT molecular complexity index is 690. The van der Waals surface area contributed by atoms with Crippen molar-refractivity contribution in [3.8, 4) is 11.3 Å². The van der Waals surface area contributed by atoms with Gasteiger partial charge >= 0.3 is 5.97 Å². The van der Waals surface area contributed by atoms with Crippen LogP contribution in [0.5, 0.6) is 0 Å². The summed E-state index contributed by atoms with van der Waals surface area (Å²) in [4.78, 5) is 26.9. The van der Waals surface area contributed by atoms with E-state index in [1.54, 1.807) is 17.8 Å². The topological polar surface area (TPSA) is 82.2 Å². The number of aliphatic carboxylic acids is 1. The summed E-state index contributed by atoms with van der Waals surface area (Å²) in [6, 6.07) is 13.2. The average Bonchev–Trinajstić information content (AvgIpc) is 3.18. The van der Waals surface area contributed by atoms with Crippen molar-refractivity contribution in [2.75, 3.05) is 11.5 Å². The highest BCUT2D eigenvalue weighted by Crippen LogP contribution is 2.28. The quantitative estimate of drug-likeness (QED) is 0.809. The first kappa shape index (κ1) is 14.7. The standard InChI is InChI=1S/C16H16N2O3S/c19-14(18-16(15(20)21)8-9-22-10-16)13-7-6-12(17-13)11-4-2-1-3-5-11/h1-7,17H,8-10H2,(H,18,19)(H,20,21). The number of aromatic nitrogens is 1. The lowest BCUT2D eigenvalue weighted by Gasteiger charge is -2.24. The molecule has 1 unspecified atom stereocenters. The normalized spacial score (nSPS) is 20.7. The molecule has 0 radical (unpaired) electrons. The molecule has 1 saturated heterocycles. The van der Waals surface area contributed by atoms with Crippen LogP contribution < -0.4 is 5.32 Å². The van der Waals surface area contributed by atoms with E-state index < -0.39 is 11.5 Å². The number of carboxylic acids is 1. The number of nitrogens with one attached hydrogen (secondary N) is 2. The number of benzene rings is 1. The van der Waals surface area contributed by atoms with Gasteiger partial charge in [-0.25, -0.2) is 4.79 Å². The predicted molar refractivity (Wildman–Crippen MR) is 86.0 cm³/mol. The van der Waals surface area contributed by atoms with E-state index >= 15 is 0 Å². The number of carbonyl (C=O) groups excluding carboxylic acids is 1. The molecule has 1 aromatic carbocycles. The summed E-state index contributed by atoms with van der Waals surface area (Å²) in [5.74, 6) is -0.208. The highest BCUT2D eigenvalue weighted by molar-refractivity contribution is 7.99. The molecule has 0 aliphatic carbocycles. The number of rotatable bonds is 4. The molecule has 1 aliphatic heterocycles. The van der Waals surface area contributed by atoms with Crippen LogP contribution >= 0.6 is 11.8 Å².